The predicted molar refractivity (Wildman–Crippen MR) is 144 cm³/mol. The van der Waals surface area contributed by atoms with Crippen LogP contribution in [0.1, 0.15) is 11.6 Å². The zero-order chi connectivity index (χ0) is 23.3. The first-order valence-electron chi connectivity index (χ1n) is 11.5. The van der Waals surface area contributed by atoms with E-state index in [1.54, 1.807) is 0 Å². The van der Waals surface area contributed by atoms with Gasteiger partial charge in [0.1, 0.15) is 11.6 Å². The second-order valence-electron chi connectivity index (χ2n) is 9.12. The van der Waals surface area contributed by atoms with Gasteiger partial charge in [0, 0.05) is 36.3 Å². The van der Waals surface area contributed by atoms with E-state index in [0.29, 0.717) is 0 Å². The van der Waals surface area contributed by atoms with Crippen LogP contribution in [0.2, 0.25) is 0 Å². The molecular formula is C28H18N6S. The van der Waals surface area contributed by atoms with Gasteiger partial charge in [-0.25, -0.2) is 9.97 Å². The van der Waals surface area contributed by atoms with Crippen molar-refractivity contribution in [2.45, 2.75) is 13.8 Å². The third-order valence-corrected chi connectivity index (χ3v) is 8.03. The summed E-state index contributed by atoms with van der Waals surface area (Å²) in [5.41, 5.74) is 6.47. The highest BCUT2D eigenvalue weighted by Gasteiger charge is 2.14. The van der Waals surface area contributed by atoms with E-state index in [9.17, 15) is 0 Å². The predicted octanol–water partition coefficient (Wildman–Crippen LogP) is 7.19. The number of H-pyrrole nitrogens is 2. The lowest BCUT2D eigenvalue weighted by atomic mass is 9.96. The number of thiophene rings is 1. The number of aromatic nitrogens is 6. The standard InChI is InChI=1S/C28H18N6S/c1-13-31-23-9-20-17-5-3-16(8-25(17)35-26(20)10-24(23)32-13)15-4-6-18-19(7-15)21-11-29-30-12-22(21)28-27(18)33-14(2)34-28/h3-12H,1-2H3,(H,31,32)(H,33,34). The van der Waals surface area contributed by atoms with Gasteiger partial charge in [0.15, 0.2) is 0 Å². The number of aromatic amines is 2. The largest absolute Gasteiger partial charge is 0.342 e. The lowest BCUT2D eigenvalue weighted by Crippen LogP contribution is -1.87. The second-order valence-corrected chi connectivity index (χ2v) is 10.2. The highest BCUT2D eigenvalue weighted by atomic mass is 32.1. The average molecular weight is 471 g/mol. The van der Waals surface area contributed by atoms with Gasteiger partial charge in [-0.15, -0.1) is 11.3 Å². The normalized spacial score (nSPS) is 12.3. The van der Waals surface area contributed by atoms with E-state index in [2.05, 4.69) is 73.7 Å². The van der Waals surface area contributed by atoms with E-state index < -0.39 is 0 Å². The average Bonchev–Trinajstić information content (AvgIpc) is 3.54. The van der Waals surface area contributed by atoms with Crippen molar-refractivity contribution in [1.29, 1.82) is 0 Å². The van der Waals surface area contributed by atoms with E-state index in [0.717, 1.165) is 55.3 Å². The SMILES string of the molecule is Cc1nc2cc3sc4cc(-c5ccc6c(c5)c5cnncc5c5nc(C)[nH]c65)ccc4c3cc2[nH]1. The first-order chi connectivity index (χ1) is 17.1. The van der Waals surface area contributed by atoms with Crippen LogP contribution in [-0.2, 0) is 0 Å². The van der Waals surface area contributed by atoms with E-state index in [4.69, 9.17) is 4.98 Å². The number of nitrogens with one attached hydrogen (secondary N) is 2. The van der Waals surface area contributed by atoms with Crippen LogP contribution >= 0.6 is 11.3 Å². The molecule has 4 aromatic carbocycles. The first kappa shape index (κ1) is 19.0. The van der Waals surface area contributed by atoms with Gasteiger partial charge in [0.05, 0.1) is 34.5 Å². The summed E-state index contributed by atoms with van der Waals surface area (Å²) in [5, 5.41) is 15.2. The van der Waals surface area contributed by atoms with Crippen molar-refractivity contribution < 1.29 is 0 Å². The van der Waals surface area contributed by atoms with Gasteiger partial charge in [-0.2, -0.15) is 10.2 Å². The highest BCUT2D eigenvalue weighted by molar-refractivity contribution is 7.25. The number of nitrogens with zero attached hydrogens (tertiary/aromatic N) is 4. The minimum absolute atomic E-state index is 0.895. The third-order valence-electron chi connectivity index (χ3n) is 6.91. The Hall–Kier alpha value is -4.36. The van der Waals surface area contributed by atoms with Crippen LogP contribution in [0.3, 0.4) is 0 Å². The van der Waals surface area contributed by atoms with Gasteiger partial charge in [-0.3, -0.25) is 0 Å². The fourth-order valence-electron chi connectivity index (χ4n) is 5.36. The summed E-state index contributed by atoms with van der Waals surface area (Å²) in [6.45, 7) is 3.98. The molecule has 0 amide bonds. The summed E-state index contributed by atoms with van der Waals surface area (Å²) in [5.74, 6) is 1.84. The van der Waals surface area contributed by atoms with Gasteiger partial charge in [0.2, 0.25) is 0 Å². The zero-order valence-electron chi connectivity index (χ0n) is 19.0. The smallest absolute Gasteiger partial charge is 0.104 e. The van der Waals surface area contributed by atoms with Crippen molar-refractivity contribution in [1.82, 2.24) is 30.1 Å². The van der Waals surface area contributed by atoms with Crippen LogP contribution in [0.5, 0.6) is 0 Å². The third kappa shape index (κ3) is 2.64. The van der Waals surface area contributed by atoms with Gasteiger partial charge < -0.3 is 9.97 Å². The highest BCUT2D eigenvalue weighted by Crippen LogP contribution is 2.40. The van der Waals surface area contributed by atoms with Crippen molar-refractivity contribution in [3.05, 3.63) is 72.6 Å². The minimum Gasteiger partial charge on any atom is -0.342 e. The fourth-order valence-corrected chi connectivity index (χ4v) is 6.52. The summed E-state index contributed by atoms with van der Waals surface area (Å²) in [4.78, 5) is 16.1. The number of imidazole rings is 2. The van der Waals surface area contributed by atoms with Crippen LogP contribution < -0.4 is 0 Å². The Bertz CT molecular complexity index is 2150. The lowest BCUT2D eigenvalue weighted by molar-refractivity contribution is 1.05. The van der Waals surface area contributed by atoms with E-state index in [-0.39, 0.29) is 0 Å². The van der Waals surface area contributed by atoms with E-state index in [1.165, 1.54) is 31.3 Å². The molecule has 4 heterocycles. The maximum Gasteiger partial charge on any atom is 0.104 e. The number of fused-ring (bicyclic) bond motifs is 10. The molecule has 4 aromatic heterocycles. The van der Waals surface area contributed by atoms with Crippen LogP contribution in [0.25, 0.3) is 74.9 Å². The lowest BCUT2D eigenvalue weighted by Gasteiger charge is -2.08. The Morgan fingerprint density at radius 1 is 0.629 bits per heavy atom. The number of benzene rings is 4. The summed E-state index contributed by atoms with van der Waals surface area (Å²) in [7, 11) is 0. The molecule has 2 N–H and O–H groups in total. The van der Waals surface area contributed by atoms with Crippen molar-refractivity contribution in [3.8, 4) is 11.1 Å². The number of hydrogen-bond donors (Lipinski definition) is 2. The molecule has 0 spiro atoms. The quantitative estimate of drug-likeness (QED) is 0.249. The molecule has 7 heteroatoms. The molecule has 8 rings (SSSR count). The summed E-state index contributed by atoms with van der Waals surface area (Å²) >= 11 is 1.82. The Balaban J connectivity index is 1.37. The molecule has 0 atom stereocenters. The Morgan fingerprint density at radius 2 is 1.37 bits per heavy atom. The summed E-state index contributed by atoms with van der Waals surface area (Å²) in [6, 6.07) is 17.8. The molecule has 0 saturated heterocycles. The molecule has 0 radical (unpaired) electrons. The molecular weight excluding hydrogens is 452 g/mol. The maximum absolute atomic E-state index is 4.72. The van der Waals surface area contributed by atoms with Crippen molar-refractivity contribution >= 4 is 75.1 Å². The second kappa shape index (κ2) is 6.61. The zero-order valence-corrected chi connectivity index (χ0v) is 19.8. The van der Waals surface area contributed by atoms with Gasteiger partial charge in [-0.05, 0) is 54.6 Å². The fraction of sp³-hybridized carbons (Fsp3) is 0.0714. The van der Waals surface area contributed by atoms with Crippen LogP contribution in [-0.4, -0.2) is 30.1 Å². The molecule has 0 aliphatic heterocycles. The number of aryl methyl sites for hydroxylation is 2. The van der Waals surface area contributed by atoms with Crippen LogP contribution in [0, 0.1) is 13.8 Å². The summed E-state index contributed by atoms with van der Waals surface area (Å²) in [6.07, 6.45) is 3.66. The number of hydrogen-bond acceptors (Lipinski definition) is 5. The Kier molecular flexibility index (Phi) is 3.59. The van der Waals surface area contributed by atoms with Crippen molar-refractivity contribution in [3.63, 3.8) is 0 Å². The Morgan fingerprint density at radius 3 is 2.26 bits per heavy atom. The topological polar surface area (TPSA) is 83.1 Å². The van der Waals surface area contributed by atoms with Crippen molar-refractivity contribution in [2.24, 2.45) is 0 Å². The molecule has 0 saturated carbocycles. The molecule has 0 aliphatic rings. The van der Waals surface area contributed by atoms with E-state index >= 15 is 0 Å². The van der Waals surface area contributed by atoms with Crippen LogP contribution in [0.15, 0.2) is 60.9 Å². The van der Waals surface area contributed by atoms with Crippen molar-refractivity contribution in [2.75, 3.05) is 0 Å². The molecule has 0 aliphatic carbocycles. The molecule has 35 heavy (non-hydrogen) atoms. The Labute approximate surface area is 202 Å². The molecule has 166 valence electrons. The molecule has 0 unspecified atom stereocenters. The molecule has 8 aromatic rings. The van der Waals surface area contributed by atoms with Gasteiger partial charge in [-0.1, -0.05) is 24.3 Å². The maximum atomic E-state index is 4.72. The molecule has 0 bridgehead atoms. The summed E-state index contributed by atoms with van der Waals surface area (Å²) < 4.78 is 2.54. The van der Waals surface area contributed by atoms with Gasteiger partial charge >= 0.3 is 0 Å². The monoisotopic (exact) mass is 470 g/mol. The van der Waals surface area contributed by atoms with E-state index in [1.807, 2.05) is 37.6 Å². The molecule has 6 nitrogen and oxygen atoms in total. The minimum atomic E-state index is 0.895. The van der Waals surface area contributed by atoms with Gasteiger partial charge in [0.25, 0.3) is 0 Å². The van der Waals surface area contributed by atoms with Crippen LogP contribution in [0.4, 0.5) is 0 Å². The first-order valence-corrected chi connectivity index (χ1v) is 12.3. The number of rotatable bonds is 1. The molecule has 0 fully saturated rings.